The van der Waals surface area contributed by atoms with Gasteiger partial charge >= 0.3 is 0 Å². The monoisotopic (exact) mass is 436 g/mol. The molecule has 1 unspecified atom stereocenters. The van der Waals surface area contributed by atoms with Crippen molar-refractivity contribution in [2.24, 2.45) is 0 Å². The maximum Gasteiger partial charge on any atom is 0.178 e. The van der Waals surface area contributed by atoms with Gasteiger partial charge in [0, 0.05) is 0 Å². The largest absolute Gasteiger partial charge is 0.384 e. The van der Waals surface area contributed by atoms with E-state index in [1.807, 2.05) is 30.3 Å². The maximum atomic E-state index is 12.2. The van der Waals surface area contributed by atoms with Gasteiger partial charge in [0.15, 0.2) is 9.84 Å². The van der Waals surface area contributed by atoms with E-state index in [4.69, 9.17) is 0 Å². The van der Waals surface area contributed by atoms with Gasteiger partial charge in [-0.05, 0) is 74.9 Å². The molecule has 1 atom stereocenters. The summed E-state index contributed by atoms with van der Waals surface area (Å²) in [5.41, 5.74) is 4.65. The highest BCUT2D eigenvalue weighted by atomic mass is 32.2. The van der Waals surface area contributed by atoms with E-state index < -0.39 is 15.9 Å². The molecule has 3 aromatic carbocycles. The third-order valence-corrected chi connectivity index (χ3v) is 8.82. The van der Waals surface area contributed by atoms with Crippen LogP contribution in [-0.2, 0) is 20.7 Å². The minimum Gasteiger partial charge on any atom is -0.384 e. The van der Waals surface area contributed by atoms with E-state index in [9.17, 15) is 13.5 Å². The van der Waals surface area contributed by atoms with Crippen molar-refractivity contribution in [3.05, 3.63) is 76.9 Å². The van der Waals surface area contributed by atoms with Crippen LogP contribution in [0.4, 0.5) is 0 Å². The molecule has 164 valence electrons. The smallest absolute Gasteiger partial charge is 0.178 e. The number of rotatable bonds is 4. The highest BCUT2D eigenvalue weighted by Gasteiger charge is 2.37. The Morgan fingerprint density at radius 3 is 2.03 bits per heavy atom. The summed E-state index contributed by atoms with van der Waals surface area (Å²) in [6.07, 6.45) is 1.57. The first-order valence-corrected chi connectivity index (χ1v) is 12.7. The van der Waals surface area contributed by atoms with Crippen molar-refractivity contribution < 1.29 is 13.5 Å². The molecule has 0 radical (unpaired) electrons. The van der Waals surface area contributed by atoms with Gasteiger partial charge in [-0.1, -0.05) is 71.0 Å². The first kappa shape index (κ1) is 22.0. The van der Waals surface area contributed by atoms with Gasteiger partial charge < -0.3 is 5.11 Å². The Hall–Kier alpha value is -2.17. The Morgan fingerprint density at radius 1 is 0.806 bits per heavy atom. The van der Waals surface area contributed by atoms with Crippen molar-refractivity contribution in [3.63, 3.8) is 0 Å². The quantitative estimate of drug-likeness (QED) is 0.540. The van der Waals surface area contributed by atoms with Gasteiger partial charge in [0.2, 0.25) is 0 Å². The summed E-state index contributed by atoms with van der Waals surface area (Å²) in [6.45, 7) is 10.8. The molecule has 0 fully saturated rings. The number of sulfone groups is 1. The standard InChI is InChI=1S/C27H32O3S/c1-6-31(29,30)22-11-9-18-15-20(8-7-19(18)16-22)25(28)21-10-12-23-24(17-21)27(4,5)14-13-26(23,2)3/h7-12,15-17,25,28H,6,13-14H2,1-5H3. The van der Waals surface area contributed by atoms with E-state index in [-0.39, 0.29) is 16.6 Å². The third kappa shape index (κ3) is 3.92. The van der Waals surface area contributed by atoms with Crippen LogP contribution in [0.3, 0.4) is 0 Å². The number of fused-ring (bicyclic) bond motifs is 2. The second-order valence-electron chi connectivity index (χ2n) is 10.1. The molecule has 3 aromatic rings. The van der Waals surface area contributed by atoms with Crippen LogP contribution < -0.4 is 0 Å². The minimum absolute atomic E-state index is 0.0841. The molecule has 4 rings (SSSR count). The molecular formula is C27H32O3S. The van der Waals surface area contributed by atoms with Crippen LogP contribution in [0, 0.1) is 0 Å². The van der Waals surface area contributed by atoms with Crippen LogP contribution in [0.2, 0.25) is 0 Å². The summed E-state index contributed by atoms with van der Waals surface area (Å²) < 4.78 is 24.4. The van der Waals surface area contributed by atoms with Crippen molar-refractivity contribution in [3.8, 4) is 0 Å². The molecule has 1 aliphatic carbocycles. The summed E-state index contributed by atoms with van der Waals surface area (Å²) in [5, 5.41) is 13.0. The highest BCUT2D eigenvalue weighted by Crippen LogP contribution is 2.46. The Balaban J connectivity index is 1.73. The highest BCUT2D eigenvalue weighted by molar-refractivity contribution is 7.91. The van der Waals surface area contributed by atoms with Crippen molar-refractivity contribution in [1.29, 1.82) is 0 Å². The fourth-order valence-corrected chi connectivity index (χ4v) is 5.66. The van der Waals surface area contributed by atoms with Crippen LogP contribution in [-0.4, -0.2) is 19.3 Å². The first-order chi connectivity index (χ1) is 14.4. The lowest BCUT2D eigenvalue weighted by Crippen LogP contribution is -2.34. The maximum absolute atomic E-state index is 12.2. The van der Waals surface area contributed by atoms with Gasteiger partial charge in [-0.15, -0.1) is 0 Å². The van der Waals surface area contributed by atoms with Gasteiger partial charge in [0.05, 0.1) is 10.6 Å². The van der Waals surface area contributed by atoms with Crippen LogP contribution in [0.25, 0.3) is 10.8 Å². The van der Waals surface area contributed by atoms with E-state index >= 15 is 0 Å². The zero-order valence-corrected chi connectivity index (χ0v) is 19.9. The van der Waals surface area contributed by atoms with Crippen molar-refractivity contribution in [1.82, 2.24) is 0 Å². The molecule has 0 saturated carbocycles. The summed E-state index contributed by atoms with van der Waals surface area (Å²) >= 11 is 0. The van der Waals surface area contributed by atoms with Crippen molar-refractivity contribution in [2.75, 3.05) is 5.75 Å². The summed E-state index contributed by atoms with van der Waals surface area (Å²) in [5.74, 6) is 0.0841. The van der Waals surface area contributed by atoms with Crippen LogP contribution in [0.1, 0.15) is 75.8 Å². The predicted octanol–water partition coefficient (Wildman–Crippen LogP) is 6.06. The molecule has 0 amide bonds. The lowest BCUT2D eigenvalue weighted by Gasteiger charge is -2.42. The number of aliphatic hydroxyl groups excluding tert-OH is 1. The molecule has 0 heterocycles. The molecular weight excluding hydrogens is 404 g/mol. The molecule has 0 saturated heterocycles. The van der Waals surface area contributed by atoms with E-state index in [2.05, 4.69) is 39.8 Å². The lowest BCUT2D eigenvalue weighted by atomic mass is 9.63. The zero-order valence-electron chi connectivity index (χ0n) is 19.1. The van der Waals surface area contributed by atoms with Gasteiger partial charge in [-0.25, -0.2) is 8.42 Å². The first-order valence-electron chi connectivity index (χ1n) is 11.0. The van der Waals surface area contributed by atoms with E-state index in [0.29, 0.717) is 4.90 Å². The number of aliphatic hydroxyl groups is 1. The third-order valence-electron chi connectivity index (χ3n) is 7.08. The molecule has 0 bridgehead atoms. The van der Waals surface area contributed by atoms with Crippen LogP contribution in [0.15, 0.2) is 59.5 Å². The molecule has 3 nitrogen and oxygen atoms in total. The molecule has 0 aromatic heterocycles. The van der Waals surface area contributed by atoms with Gasteiger partial charge in [0.25, 0.3) is 0 Å². The molecule has 1 aliphatic rings. The summed E-state index contributed by atoms with van der Waals surface area (Å²) in [7, 11) is -3.24. The fourth-order valence-electron chi connectivity index (χ4n) is 4.74. The zero-order chi connectivity index (χ0) is 22.6. The molecule has 1 N–H and O–H groups in total. The summed E-state index contributed by atoms with van der Waals surface area (Å²) in [4.78, 5) is 0.343. The van der Waals surface area contributed by atoms with E-state index in [0.717, 1.165) is 34.7 Å². The van der Waals surface area contributed by atoms with Crippen molar-refractivity contribution >= 4 is 20.6 Å². The Kier molecular flexibility index (Phi) is 5.30. The number of benzene rings is 3. The second-order valence-corrected chi connectivity index (χ2v) is 12.4. The van der Waals surface area contributed by atoms with Gasteiger partial charge in [-0.3, -0.25) is 0 Å². The summed E-state index contributed by atoms with van der Waals surface area (Å²) in [6, 6.07) is 17.4. The Labute approximate surface area is 186 Å². The van der Waals surface area contributed by atoms with E-state index in [1.54, 1.807) is 19.1 Å². The fraction of sp³-hybridized carbons (Fsp3) is 0.407. The average Bonchev–Trinajstić information content (AvgIpc) is 2.75. The van der Waals surface area contributed by atoms with Gasteiger partial charge in [-0.2, -0.15) is 0 Å². The average molecular weight is 437 g/mol. The Morgan fingerprint density at radius 2 is 1.35 bits per heavy atom. The lowest BCUT2D eigenvalue weighted by molar-refractivity contribution is 0.219. The SMILES string of the molecule is CCS(=O)(=O)c1ccc2cc(C(O)c3ccc4c(c3)C(C)(C)CCC4(C)C)ccc2c1. The molecule has 31 heavy (non-hydrogen) atoms. The van der Waals surface area contributed by atoms with E-state index in [1.165, 1.54) is 11.1 Å². The van der Waals surface area contributed by atoms with Gasteiger partial charge in [0.1, 0.15) is 6.10 Å². The molecule has 0 spiro atoms. The predicted molar refractivity (Wildman–Crippen MR) is 127 cm³/mol. The Bertz CT molecular complexity index is 1250. The molecule has 0 aliphatic heterocycles. The topological polar surface area (TPSA) is 54.4 Å². The second kappa shape index (κ2) is 7.46. The van der Waals surface area contributed by atoms with Crippen molar-refractivity contribution in [2.45, 2.75) is 69.3 Å². The number of hydrogen-bond acceptors (Lipinski definition) is 3. The number of hydrogen-bond donors (Lipinski definition) is 1. The van der Waals surface area contributed by atoms with Crippen LogP contribution in [0.5, 0.6) is 0 Å². The minimum atomic E-state index is -3.24. The van der Waals surface area contributed by atoms with Crippen LogP contribution >= 0.6 is 0 Å². The molecule has 4 heteroatoms. The normalized spacial score (nSPS) is 18.5.